The molecule has 1 saturated heterocycles. The van der Waals surface area contributed by atoms with Crippen molar-refractivity contribution in [1.82, 2.24) is 10.2 Å². The maximum absolute atomic E-state index is 12.0. The standard InChI is InChI=1S/C18H22N2O/c1-14(21)20(13-17-9-5-11-19-17)12-16-8-4-7-15-6-2-3-10-18(15)16/h2-4,6-8,10,17,19H,5,9,11-13H2,1H3/t17-/m0/s1. The van der Waals surface area contributed by atoms with E-state index in [-0.39, 0.29) is 5.91 Å². The Bertz CT molecular complexity index is 627. The summed E-state index contributed by atoms with van der Waals surface area (Å²) in [4.78, 5) is 13.9. The largest absolute Gasteiger partial charge is 0.337 e. The smallest absolute Gasteiger partial charge is 0.219 e. The molecule has 3 heteroatoms. The van der Waals surface area contributed by atoms with Gasteiger partial charge in [-0.25, -0.2) is 0 Å². The van der Waals surface area contributed by atoms with Crippen LogP contribution in [0.25, 0.3) is 10.8 Å². The molecule has 1 aliphatic heterocycles. The van der Waals surface area contributed by atoms with Crippen molar-refractivity contribution in [3.63, 3.8) is 0 Å². The number of nitrogens with zero attached hydrogens (tertiary/aromatic N) is 1. The Kier molecular flexibility index (Phi) is 4.20. The Balaban J connectivity index is 1.82. The number of benzene rings is 2. The molecule has 110 valence electrons. The van der Waals surface area contributed by atoms with Gasteiger partial charge < -0.3 is 10.2 Å². The van der Waals surface area contributed by atoms with Gasteiger partial charge >= 0.3 is 0 Å². The Morgan fingerprint density at radius 3 is 2.81 bits per heavy atom. The molecule has 21 heavy (non-hydrogen) atoms. The maximum atomic E-state index is 12.0. The molecule has 1 atom stereocenters. The summed E-state index contributed by atoms with van der Waals surface area (Å²) in [6.07, 6.45) is 2.38. The minimum absolute atomic E-state index is 0.150. The van der Waals surface area contributed by atoms with Crippen LogP contribution in [0, 0.1) is 0 Å². The van der Waals surface area contributed by atoms with E-state index in [1.807, 2.05) is 4.90 Å². The van der Waals surface area contributed by atoms with Gasteiger partial charge in [-0.15, -0.1) is 0 Å². The first kappa shape index (κ1) is 14.1. The molecule has 1 aliphatic rings. The van der Waals surface area contributed by atoms with Gasteiger partial charge in [0, 0.05) is 26.1 Å². The average Bonchev–Trinajstić information content (AvgIpc) is 3.00. The van der Waals surface area contributed by atoms with Gasteiger partial charge in [-0.2, -0.15) is 0 Å². The van der Waals surface area contributed by atoms with Crippen LogP contribution in [0.2, 0.25) is 0 Å². The van der Waals surface area contributed by atoms with Crippen LogP contribution < -0.4 is 5.32 Å². The molecule has 1 heterocycles. The summed E-state index contributed by atoms with van der Waals surface area (Å²) in [5.41, 5.74) is 1.22. The maximum Gasteiger partial charge on any atom is 0.219 e. The molecule has 0 spiro atoms. The van der Waals surface area contributed by atoms with Crippen LogP contribution in [0.5, 0.6) is 0 Å². The van der Waals surface area contributed by atoms with Crippen molar-refractivity contribution < 1.29 is 4.79 Å². The number of fused-ring (bicyclic) bond motifs is 1. The summed E-state index contributed by atoms with van der Waals surface area (Å²) in [6, 6.07) is 15.1. The van der Waals surface area contributed by atoms with Crippen LogP contribution in [0.3, 0.4) is 0 Å². The first-order chi connectivity index (χ1) is 10.2. The predicted octanol–water partition coefficient (Wildman–Crippen LogP) is 2.94. The average molecular weight is 282 g/mol. The van der Waals surface area contributed by atoms with Crippen LogP contribution >= 0.6 is 0 Å². The van der Waals surface area contributed by atoms with Crippen molar-refractivity contribution in [2.24, 2.45) is 0 Å². The molecule has 0 radical (unpaired) electrons. The molecule has 0 aromatic heterocycles. The zero-order valence-corrected chi connectivity index (χ0v) is 12.5. The second kappa shape index (κ2) is 6.27. The zero-order valence-electron chi connectivity index (χ0n) is 12.5. The topological polar surface area (TPSA) is 32.3 Å². The minimum atomic E-state index is 0.150. The zero-order chi connectivity index (χ0) is 14.7. The van der Waals surface area contributed by atoms with E-state index < -0.39 is 0 Å². The molecule has 0 bridgehead atoms. The second-order valence-corrected chi connectivity index (χ2v) is 5.83. The molecule has 0 saturated carbocycles. The normalized spacial score (nSPS) is 18.0. The molecule has 1 N–H and O–H groups in total. The first-order valence-corrected chi connectivity index (χ1v) is 7.69. The summed E-state index contributed by atoms with van der Waals surface area (Å²) in [5, 5.41) is 5.95. The first-order valence-electron chi connectivity index (χ1n) is 7.69. The van der Waals surface area contributed by atoms with Crippen molar-refractivity contribution in [3.05, 3.63) is 48.0 Å². The van der Waals surface area contributed by atoms with E-state index in [4.69, 9.17) is 0 Å². The van der Waals surface area contributed by atoms with Crippen molar-refractivity contribution in [1.29, 1.82) is 0 Å². The highest BCUT2D eigenvalue weighted by Crippen LogP contribution is 2.20. The Morgan fingerprint density at radius 2 is 2.05 bits per heavy atom. The molecule has 3 nitrogen and oxygen atoms in total. The number of rotatable bonds is 4. The second-order valence-electron chi connectivity index (χ2n) is 5.83. The van der Waals surface area contributed by atoms with Gasteiger partial charge in [0.05, 0.1) is 0 Å². The number of nitrogens with one attached hydrogen (secondary N) is 1. The van der Waals surface area contributed by atoms with E-state index in [1.54, 1.807) is 6.92 Å². The van der Waals surface area contributed by atoms with E-state index in [2.05, 4.69) is 47.8 Å². The third kappa shape index (κ3) is 3.24. The SMILES string of the molecule is CC(=O)N(Cc1cccc2ccccc12)C[C@@H]1CCCN1. The van der Waals surface area contributed by atoms with Crippen molar-refractivity contribution in [2.45, 2.75) is 32.4 Å². The number of carbonyl (C=O) groups is 1. The van der Waals surface area contributed by atoms with Crippen LogP contribution in [-0.4, -0.2) is 29.9 Å². The highest BCUT2D eigenvalue weighted by molar-refractivity contribution is 5.86. The lowest BCUT2D eigenvalue weighted by Gasteiger charge is -2.25. The van der Waals surface area contributed by atoms with Gasteiger partial charge in [0.25, 0.3) is 0 Å². The van der Waals surface area contributed by atoms with Crippen molar-refractivity contribution >= 4 is 16.7 Å². The van der Waals surface area contributed by atoms with Crippen molar-refractivity contribution in [3.8, 4) is 0 Å². The highest BCUT2D eigenvalue weighted by Gasteiger charge is 2.20. The fourth-order valence-electron chi connectivity index (χ4n) is 3.12. The molecular weight excluding hydrogens is 260 g/mol. The molecular formula is C18H22N2O. The van der Waals surface area contributed by atoms with Crippen LogP contribution in [0.1, 0.15) is 25.3 Å². The lowest BCUT2D eigenvalue weighted by molar-refractivity contribution is -0.129. The summed E-state index contributed by atoms with van der Waals surface area (Å²) in [6.45, 7) is 4.23. The third-order valence-electron chi connectivity index (χ3n) is 4.29. The number of hydrogen-bond donors (Lipinski definition) is 1. The Hall–Kier alpha value is -1.87. The fourth-order valence-corrected chi connectivity index (χ4v) is 3.12. The quantitative estimate of drug-likeness (QED) is 0.935. The van der Waals surface area contributed by atoms with Gasteiger partial charge in [-0.1, -0.05) is 42.5 Å². The molecule has 0 aliphatic carbocycles. The van der Waals surface area contributed by atoms with Gasteiger partial charge in [-0.3, -0.25) is 4.79 Å². The van der Waals surface area contributed by atoms with Crippen LogP contribution in [-0.2, 0) is 11.3 Å². The van der Waals surface area contributed by atoms with E-state index >= 15 is 0 Å². The molecule has 2 aromatic rings. The fraction of sp³-hybridized carbons (Fsp3) is 0.389. The highest BCUT2D eigenvalue weighted by atomic mass is 16.2. The predicted molar refractivity (Wildman–Crippen MR) is 86.1 cm³/mol. The van der Waals surface area contributed by atoms with Crippen LogP contribution in [0.15, 0.2) is 42.5 Å². The summed E-state index contributed by atoms with van der Waals surface area (Å²) >= 11 is 0. The number of amides is 1. The minimum Gasteiger partial charge on any atom is -0.337 e. The summed E-state index contributed by atoms with van der Waals surface area (Å²) in [7, 11) is 0. The number of hydrogen-bond acceptors (Lipinski definition) is 2. The van der Waals surface area contributed by atoms with E-state index in [0.717, 1.165) is 13.1 Å². The summed E-state index contributed by atoms with van der Waals surface area (Å²) < 4.78 is 0. The van der Waals surface area contributed by atoms with Gasteiger partial charge in [0.15, 0.2) is 0 Å². The molecule has 1 fully saturated rings. The molecule has 0 unspecified atom stereocenters. The molecule has 2 aromatic carbocycles. The van der Waals surface area contributed by atoms with Gasteiger partial charge in [0.1, 0.15) is 0 Å². The summed E-state index contributed by atoms with van der Waals surface area (Å²) in [5.74, 6) is 0.150. The monoisotopic (exact) mass is 282 g/mol. The third-order valence-corrected chi connectivity index (χ3v) is 4.29. The van der Waals surface area contributed by atoms with Gasteiger partial charge in [0.2, 0.25) is 5.91 Å². The van der Waals surface area contributed by atoms with Crippen LogP contribution in [0.4, 0.5) is 0 Å². The van der Waals surface area contributed by atoms with Gasteiger partial charge in [-0.05, 0) is 35.7 Å². The lowest BCUT2D eigenvalue weighted by atomic mass is 10.0. The molecule has 3 rings (SSSR count). The number of carbonyl (C=O) groups excluding carboxylic acids is 1. The lowest BCUT2D eigenvalue weighted by Crippen LogP contribution is -2.39. The van der Waals surface area contributed by atoms with E-state index in [0.29, 0.717) is 12.6 Å². The molecule has 1 amide bonds. The van der Waals surface area contributed by atoms with E-state index in [9.17, 15) is 4.79 Å². The van der Waals surface area contributed by atoms with Crippen molar-refractivity contribution in [2.75, 3.05) is 13.1 Å². The van der Waals surface area contributed by atoms with E-state index in [1.165, 1.54) is 29.2 Å². The Labute approximate surface area is 125 Å². The Morgan fingerprint density at radius 1 is 1.24 bits per heavy atom.